The van der Waals surface area contributed by atoms with Crippen LogP contribution in [0.2, 0.25) is 0 Å². The summed E-state index contributed by atoms with van der Waals surface area (Å²) in [4.78, 5) is 26.7. The number of nitrogens with one attached hydrogen (secondary N) is 1. The van der Waals surface area contributed by atoms with Crippen molar-refractivity contribution in [3.63, 3.8) is 0 Å². The topological polar surface area (TPSA) is 79.3 Å². The molecule has 0 saturated heterocycles. The zero-order valence-corrected chi connectivity index (χ0v) is 10.2. The van der Waals surface area contributed by atoms with E-state index in [0.29, 0.717) is 0 Å². The predicted octanol–water partition coefficient (Wildman–Crippen LogP) is 1.15. The third kappa shape index (κ3) is 5.91. The van der Waals surface area contributed by atoms with Gasteiger partial charge in [0.15, 0.2) is 0 Å². The lowest BCUT2D eigenvalue weighted by atomic mass is 10.2. The van der Waals surface area contributed by atoms with E-state index in [1.54, 1.807) is 19.3 Å². The molecule has 0 aliphatic carbocycles. The minimum absolute atomic E-state index is 0.0638. The van der Waals surface area contributed by atoms with Crippen molar-refractivity contribution < 1.29 is 14.7 Å². The van der Waals surface area contributed by atoms with Crippen LogP contribution in [-0.2, 0) is 9.59 Å². The molecule has 0 aromatic carbocycles. The van der Waals surface area contributed by atoms with Gasteiger partial charge in [-0.2, -0.15) is 0 Å². The number of rotatable bonds is 6. The lowest BCUT2D eigenvalue weighted by molar-refractivity contribution is -0.137. The zero-order chi connectivity index (χ0) is 12.7. The van der Waals surface area contributed by atoms with E-state index < -0.39 is 5.97 Å². The number of nitrogens with zero attached hydrogens (tertiary/aromatic N) is 1. The fourth-order valence-corrected chi connectivity index (χ4v) is 1.91. The summed E-state index contributed by atoms with van der Waals surface area (Å²) in [6, 6.07) is 3.29. The molecule has 1 heterocycles. The quantitative estimate of drug-likeness (QED) is 0.744. The smallest absolute Gasteiger partial charge is 0.305 e. The molecule has 1 rings (SSSR count). The van der Waals surface area contributed by atoms with Gasteiger partial charge >= 0.3 is 5.97 Å². The van der Waals surface area contributed by atoms with E-state index in [4.69, 9.17) is 5.11 Å². The van der Waals surface area contributed by atoms with Crippen molar-refractivity contribution in [2.24, 2.45) is 0 Å². The Balaban J connectivity index is 2.28. The molecule has 6 heteroatoms. The molecule has 92 valence electrons. The fourth-order valence-electron chi connectivity index (χ4n) is 1.21. The predicted molar refractivity (Wildman–Crippen MR) is 64.8 cm³/mol. The van der Waals surface area contributed by atoms with E-state index in [-0.39, 0.29) is 24.1 Å². The van der Waals surface area contributed by atoms with E-state index in [9.17, 15) is 9.59 Å². The van der Waals surface area contributed by atoms with Crippen LogP contribution >= 0.6 is 11.8 Å². The van der Waals surface area contributed by atoms with Gasteiger partial charge in [0, 0.05) is 23.3 Å². The average molecular weight is 254 g/mol. The van der Waals surface area contributed by atoms with Crippen molar-refractivity contribution in [3.8, 4) is 0 Å². The van der Waals surface area contributed by atoms with Crippen LogP contribution in [-0.4, -0.2) is 33.8 Å². The van der Waals surface area contributed by atoms with Crippen molar-refractivity contribution in [2.45, 2.75) is 24.3 Å². The Bertz CT molecular complexity index is 384. The molecule has 5 nitrogen and oxygen atoms in total. The minimum Gasteiger partial charge on any atom is -0.481 e. The number of hydrogen-bond donors (Lipinski definition) is 2. The first-order chi connectivity index (χ1) is 8.08. The van der Waals surface area contributed by atoms with Crippen molar-refractivity contribution in [3.05, 3.63) is 24.5 Å². The second-order valence-corrected chi connectivity index (χ2v) is 4.59. The Labute approximate surface area is 104 Å². The third-order valence-electron chi connectivity index (χ3n) is 1.91. The van der Waals surface area contributed by atoms with Crippen molar-refractivity contribution in [1.29, 1.82) is 0 Å². The van der Waals surface area contributed by atoms with Crippen LogP contribution in [0.15, 0.2) is 29.4 Å². The fraction of sp³-hybridized carbons (Fsp3) is 0.364. The first-order valence-electron chi connectivity index (χ1n) is 5.12. The number of pyridine rings is 1. The monoisotopic (exact) mass is 254 g/mol. The molecule has 0 aliphatic heterocycles. The largest absolute Gasteiger partial charge is 0.481 e. The first kappa shape index (κ1) is 13.5. The van der Waals surface area contributed by atoms with Gasteiger partial charge in [-0.25, -0.2) is 0 Å². The van der Waals surface area contributed by atoms with Gasteiger partial charge in [-0.15, -0.1) is 11.8 Å². The number of thioether (sulfide) groups is 1. The highest BCUT2D eigenvalue weighted by molar-refractivity contribution is 8.00. The maximum absolute atomic E-state index is 11.5. The minimum atomic E-state index is -0.917. The summed E-state index contributed by atoms with van der Waals surface area (Å²) >= 11 is 1.39. The molecule has 0 saturated carbocycles. The van der Waals surface area contributed by atoms with Crippen LogP contribution in [0.4, 0.5) is 0 Å². The zero-order valence-electron chi connectivity index (χ0n) is 9.42. The molecule has 2 N–H and O–H groups in total. The van der Waals surface area contributed by atoms with Crippen molar-refractivity contribution >= 4 is 23.6 Å². The average Bonchev–Trinajstić information content (AvgIpc) is 2.26. The van der Waals surface area contributed by atoms with Crippen LogP contribution in [0, 0.1) is 0 Å². The van der Waals surface area contributed by atoms with Gasteiger partial charge in [0.25, 0.3) is 0 Å². The molecule has 0 radical (unpaired) electrons. The second kappa shape index (κ2) is 6.90. The Morgan fingerprint density at radius 3 is 2.71 bits per heavy atom. The maximum atomic E-state index is 11.5. The molecule has 1 amide bonds. The Morgan fingerprint density at radius 2 is 2.12 bits per heavy atom. The van der Waals surface area contributed by atoms with Crippen LogP contribution in [0.5, 0.6) is 0 Å². The molecule has 1 unspecified atom stereocenters. The number of aliphatic carboxylic acids is 1. The highest BCUT2D eigenvalue weighted by Gasteiger charge is 2.10. The van der Waals surface area contributed by atoms with Gasteiger partial charge in [-0.3, -0.25) is 14.6 Å². The maximum Gasteiger partial charge on any atom is 0.305 e. The van der Waals surface area contributed by atoms with Gasteiger partial charge in [-0.1, -0.05) is 0 Å². The lowest BCUT2D eigenvalue weighted by Gasteiger charge is -2.11. The van der Waals surface area contributed by atoms with Gasteiger partial charge in [0.2, 0.25) is 5.91 Å². The summed E-state index contributed by atoms with van der Waals surface area (Å²) in [7, 11) is 0. The summed E-state index contributed by atoms with van der Waals surface area (Å²) in [5.74, 6) is -0.811. The molecule has 0 aliphatic rings. The summed E-state index contributed by atoms with van der Waals surface area (Å²) in [5.41, 5.74) is 0. The molecular formula is C11H14N2O3S. The number of carboxylic acids is 1. The number of amides is 1. The van der Waals surface area contributed by atoms with E-state index in [1.165, 1.54) is 11.8 Å². The Hall–Kier alpha value is -1.56. The molecule has 0 spiro atoms. The summed E-state index contributed by atoms with van der Waals surface area (Å²) in [5, 5.41) is 11.2. The number of carbonyl (C=O) groups is 2. The summed E-state index contributed by atoms with van der Waals surface area (Å²) < 4.78 is 0. The molecule has 0 fully saturated rings. The van der Waals surface area contributed by atoms with E-state index >= 15 is 0 Å². The standard InChI is InChI=1S/C11H14N2O3S/c1-8(6-11(15)16)13-10(14)7-17-9-2-4-12-5-3-9/h2-5,8H,6-7H2,1H3,(H,13,14)(H,15,16). The normalized spacial score (nSPS) is 11.8. The third-order valence-corrected chi connectivity index (χ3v) is 2.92. The number of aromatic nitrogens is 1. The Kier molecular flexibility index (Phi) is 5.48. The van der Waals surface area contributed by atoms with Crippen LogP contribution < -0.4 is 5.32 Å². The van der Waals surface area contributed by atoms with Crippen molar-refractivity contribution in [1.82, 2.24) is 10.3 Å². The van der Waals surface area contributed by atoms with Crippen LogP contribution in [0.3, 0.4) is 0 Å². The Morgan fingerprint density at radius 1 is 1.47 bits per heavy atom. The van der Waals surface area contributed by atoms with Crippen LogP contribution in [0.1, 0.15) is 13.3 Å². The van der Waals surface area contributed by atoms with Crippen LogP contribution in [0.25, 0.3) is 0 Å². The van der Waals surface area contributed by atoms with Gasteiger partial charge < -0.3 is 10.4 Å². The highest BCUT2D eigenvalue weighted by atomic mass is 32.2. The SMILES string of the molecule is CC(CC(=O)O)NC(=O)CSc1ccncc1. The van der Waals surface area contributed by atoms with E-state index in [2.05, 4.69) is 10.3 Å². The molecule has 1 atom stereocenters. The van der Waals surface area contributed by atoms with Gasteiger partial charge in [0.1, 0.15) is 0 Å². The number of carbonyl (C=O) groups excluding carboxylic acids is 1. The highest BCUT2D eigenvalue weighted by Crippen LogP contribution is 2.15. The molecule has 0 bridgehead atoms. The summed E-state index contributed by atoms with van der Waals surface area (Å²) in [6.45, 7) is 1.67. The summed E-state index contributed by atoms with van der Waals surface area (Å²) in [6.07, 6.45) is 3.26. The second-order valence-electron chi connectivity index (χ2n) is 3.54. The number of carboxylic acid groups (broad SMARTS) is 1. The first-order valence-corrected chi connectivity index (χ1v) is 6.10. The molecular weight excluding hydrogens is 240 g/mol. The molecule has 1 aromatic heterocycles. The van der Waals surface area contributed by atoms with E-state index in [0.717, 1.165) is 4.90 Å². The van der Waals surface area contributed by atoms with Gasteiger partial charge in [-0.05, 0) is 19.1 Å². The van der Waals surface area contributed by atoms with Gasteiger partial charge in [0.05, 0.1) is 12.2 Å². The number of hydrogen-bond acceptors (Lipinski definition) is 4. The lowest BCUT2D eigenvalue weighted by Crippen LogP contribution is -2.35. The molecule has 1 aromatic rings. The molecule has 17 heavy (non-hydrogen) atoms. The van der Waals surface area contributed by atoms with E-state index in [1.807, 2.05) is 12.1 Å². The van der Waals surface area contributed by atoms with Crippen molar-refractivity contribution in [2.75, 3.05) is 5.75 Å².